The number of aromatic nitrogens is 3. The molecular formula is C6H10IN3S2. The number of hydrogen-bond donors (Lipinski definition) is 0. The molecule has 0 N–H and O–H groups in total. The van der Waals surface area contributed by atoms with Crippen molar-refractivity contribution in [3.63, 3.8) is 0 Å². The highest BCUT2D eigenvalue weighted by Crippen LogP contribution is 2.11. The zero-order valence-electron chi connectivity index (χ0n) is 7.11. The van der Waals surface area contributed by atoms with Gasteiger partial charge in [0.1, 0.15) is 13.2 Å². The highest BCUT2D eigenvalue weighted by molar-refractivity contribution is 7.99. The van der Waals surface area contributed by atoms with Crippen LogP contribution in [0, 0.1) is 0 Å². The minimum Gasteiger partial charge on any atom is -1.00 e. The molecule has 1 aromatic rings. The molecule has 0 aliphatic carbocycles. The van der Waals surface area contributed by atoms with Crippen LogP contribution in [0.1, 0.15) is 0 Å². The van der Waals surface area contributed by atoms with E-state index in [1.807, 2.05) is 19.6 Å². The molecule has 0 radical (unpaired) electrons. The van der Waals surface area contributed by atoms with Gasteiger partial charge in [-0.15, -0.1) is 4.68 Å². The Morgan fingerprint density at radius 3 is 2.50 bits per heavy atom. The quantitative estimate of drug-likeness (QED) is 0.350. The second-order valence-corrected chi connectivity index (χ2v) is 3.51. The molecule has 0 saturated heterocycles. The summed E-state index contributed by atoms with van der Waals surface area (Å²) in [6.45, 7) is 0. The molecule has 0 aliphatic heterocycles. The largest absolute Gasteiger partial charge is 1.00 e. The van der Waals surface area contributed by atoms with Gasteiger partial charge < -0.3 is 24.0 Å². The third kappa shape index (κ3) is 3.06. The van der Waals surface area contributed by atoms with Crippen LogP contribution in [0.3, 0.4) is 0 Å². The van der Waals surface area contributed by atoms with Crippen molar-refractivity contribution >= 4 is 23.5 Å². The van der Waals surface area contributed by atoms with Gasteiger partial charge in [-0.25, -0.2) is 0 Å². The van der Waals surface area contributed by atoms with E-state index < -0.39 is 0 Å². The van der Waals surface area contributed by atoms with Crippen LogP contribution in [-0.4, -0.2) is 22.6 Å². The number of thioether (sulfide) groups is 2. The molecule has 1 rings (SSSR count). The van der Waals surface area contributed by atoms with Crippen molar-refractivity contribution in [1.82, 2.24) is 10.1 Å². The van der Waals surface area contributed by atoms with E-state index in [0.717, 1.165) is 10.2 Å². The van der Waals surface area contributed by atoms with Gasteiger partial charge >= 0.3 is 5.16 Å². The lowest BCUT2D eigenvalue weighted by Crippen LogP contribution is -3.00. The first-order valence-corrected chi connectivity index (χ1v) is 5.54. The molecule has 0 amide bonds. The van der Waals surface area contributed by atoms with Crippen LogP contribution < -0.4 is 28.7 Å². The molecule has 0 bridgehead atoms. The molecule has 3 nitrogen and oxygen atoms in total. The summed E-state index contributed by atoms with van der Waals surface area (Å²) in [5, 5.41) is 6.04. The Balaban J connectivity index is 0.00000121. The average Bonchev–Trinajstić information content (AvgIpc) is 2.05. The lowest BCUT2D eigenvalue weighted by Gasteiger charge is -1.92. The molecule has 1 heterocycles. The number of hydrogen-bond acceptors (Lipinski definition) is 4. The number of nitrogens with zero attached hydrogens (tertiary/aromatic N) is 3. The third-order valence-electron chi connectivity index (χ3n) is 1.22. The van der Waals surface area contributed by atoms with Gasteiger partial charge in [0.2, 0.25) is 5.03 Å². The summed E-state index contributed by atoms with van der Waals surface area (Å²) in [5.74, 6) is 0. The van der Waals surface area contributed by atoms with Gasteiger partial charge in [-0.05, 0) is 29.3 Å². The molecule has 0 spiro atoms. The highest BCUT2D eigenvalue weighted by Gasteiger charge is 2.10. The van der Waals surface area contributed by atoms with Crippen LogP contribution in [-0.2, 0) is 7.05 Å². The Bertz CT molecular complexity index is 257. The SMILES string of the molecule is CSc1cn[n+](C)c(SC)n1.[I-]. The zero-order chi connectivity index (χ0) is 8.27. The van der Waals surface area contributed by atoms with Gasteiger partial charge in [0, 0.05) is 0 Å². The second-order valence-electron chi connectivity index (χ2n) is 1.91. The molecule has 0 aliphatic rings. The summed E-state index contributed by atoms with van der Waals surface area (Å²) in [4.78, 5) is 4.34. The van der Waals surface area contributed by atoms with Crippen LogP contribution in [0.4, 0.5) is 0 Å². The summed E-state index contributed by atoms with van der Waals surface area (Å²) in [6.07, 6.45) is 5.76. The van der Waals surface area contributed by atoms with Crippen LogP contribution in [0.15, 0.2) is 16.4 Å². The van der Waals surface area contributed by atoms with Crippen molar-refractivity contribution in [2.75, 3.05) is 12.5 Å². The van der Waals surface area contributed by atoms with E-state index in [-0.39, 0.29) is 24.0 Å². The lowest BCUT2D eigenvalue weighted by molar-refractivity contribution is -0.770. The molecule has 0 fully saturated rings. The second kappa shape index (κ2) is 5.98. The molecule has 0 aromatic carbocycles. The topological polar surface area (TPSA) is 29.7 Å². The number of halogens is 1. The van der Waals surface area contributed by atoms with Crippen LogP contribution >= 0.6 is 23.5 Å². The summed E-state index contributed by atoms with van der Waals surface area (Å²) >= 11 is 3.21. The predicted molar refractivity (Wildman–Crippen MR) is 46.8 cm³/mol. The standard InChI is InChI=1S/C6H10N3S2.HI/c1-9-6(11-3)8-5(10-2)4-7-9;/h4H,1-3H3;1H/q+1;/p-1. The summed E-state index contributed by atoms with van der Waals surface area (Å²) < 4.78 is 1.77. The molecule has 0 unspecified atom stereocenters. The number of aryl methyl sites for hydroxylation is 1. The minimum atomic E-state index is 0. The Labute approximate surface area is 97.8 Å². The molecular weight excluding hydrogens is 305 g/mol. The fraction of sp³-hybridized carbons (Fsp3) is 0.500. The van der Waals surface area contributed by atoms with Gasteiger partial charge in [0.25, 0.3) is 0 Å². The molecule has 12 heavy (non-hydrogen) atoms. The van der Waals surface area contributed by atoms with E-state index in [2.05, 4.69) is 10.1 Å². The predicted octanol–water partition coefficient (Wildman–Crippen LogP) is -2.25. The smallest absolute Gasteiger partial charge is 0.380 e. The molecule has 1 aromatic heterocycles. The zero-order valence-corrected chi connectivity index (χ0v) is 10.9. The Hall–Kier alpha value is 0.440. The maximum atomic E-state index is 4.34. The number of rotatable bonds is 2. The first kappa shape index (κ1) is 12.4. The van der Waals surface area contributed by atoms with E-state index in [4.69, 9.17) is 0 Å². The molecule has 0 atom stereocenters. The Kier molecular flexibility index (Phi) is 6.20. The average molecular weight is 315 g/mol. The third-order valence-corrected chi connectivity index (χ3v) is 2.55. The van der Waals surface area contributed by atoms with E-state index in [0.29, 0.717) is 0 Å². The first-order valence-electron chi connectivity index (χ1n) is 3.09. The van der Waals surface area contributed by atoms with Gasteiger partial charge in [-0.2, -0.15) is 0 Å². The van der Waals surface area contributed by atoms with E-state index in [1.54, 1.807) is 34.4 Å². The molecule has 68 valence electrons. The summed E-state index contributed by atoms with van der Waals surface area (Å²) in [7, 11) is 1.89. The Morgan fingerprint density at radius 1 is 1.33 bits per heavy atom. The lowest BCUT2D eigenvalue weighted by atomic mass is 10.9. The maximum Gasteiger partial charge on any atom is 0.380 e. The normalized spacial score (nSPS) is 9.25. The van der Waals surface area contributed by atoms with Gasteiger partial charge in [0.15, 0.2) is 0 Å². The van der Waals surface area contributed by atoms with Crippen LogP contribution in [0.2, 0.25) is 0 Å². The van der Waals surface area contributed by atoms with E-state index in [9.17, 15) is 0 Å². The molecule has 0 saturated carbocycles. The van der Waals surface area contributed by atoms with Crippen molar-refractivity contribution in [3.8, 4) is 0 Å². The first-order chi connectivity index (χ1) is 5.27. The van der Waals surface area contributed by atoms with Crippen molar-refractivity contribution in [2.24, 2.45) is 7.05 Å². The molecule has 6 heteroatoms. The maximum absolute atomic E-state index is 4.34. The van der Waals surface area contributed by atoms with Crippen LogP contribution in [0.5, 0.6) is 0 Å². The minimum absolute atomic E-state index is 0. The van der Waals surface area contributed by atoms with Crippen molar-refractivity contribution < 1.29 is 28.7 Å². The van der Waals surface area contributed by atoms with Crippen molar-refractivity contribution in [1.29, 1.82) is 0 Å². The van der Waals surface area contributed by atoms with Crippen molar-refractivity contribution in [3.05, 3.63) is 6.20 Å². The van der Waals surface area contributed by atoms with Gasteiger partial charge in [-0.3, -0.25) is 0 Å². The Morgan fingerprint density at radius 2 is 2.00 bits per heavy atom. The van der Waals surface area contributed by atoms with E-state index in [1.165, 1.54) is 0 Å². The highest BCUT2D eigenvalue weighted by atomic mass is 127. The van der Waals surface area contributed by atoms with E-state index >= 15 is 0 Å². The van der Waals surface area contributed by atoms with Crippen molar-refractivity contribution in [2.45, 2.75) is 10.2 Å². The summed E-state index contributed by atoms with van der Waals surface area (Å²) in [5.41, 5.74) is 0. The van der Waals surface area contributed by atoms with Gasteiger partial charge in [0.05, 0.1) is 0 Å². The fourth-order valence-corrected chi connectivity index (χ4v) is 1.55. The van der Waals surface area contributed by atoms with Crippen LogP contribution in [0.25, 0.3) is 0 Å². The summed E-state index contributed by atoms with van der Waals surface area (Å²) in [6, 6.07) is 0. The monoisotopic (exact) mass is 315 g/mol. The van der Waals surface area contributed by atoms with Gasteiger partial charge in [-0.1, -0.05) is 16.9 Å². The fourth-order valence-electron chi connectivity index (χ4n) is 0.657.